The molecule has 1 aromatic carbocycles. The van der Waals surface area contributed by atoms with Crippen LogP contribution in [0.25, 0.3) is 5.57 Å². The van der Waals surface area contributed by atoms with Crippen molar-refractivity contribution in [1.29, 1.82) is 0 Å². The van der Waals surface area contributed by atoms with Crippen LogP contribution >= 0.6 is 11.3 Å². The first-order chi connectivity index (χ1) is 15.1. The van der Waals surface area contributed by atoms with Gasteiger partial charge in [-0.3, -0.25) is 10.1 Å². The smallest absolute Gasteiger partial charge is 0.257 e. The summed E-state index contributed by atoms with van der Waals surface area (Å²) in [5.41, 5.74) is 1.96. The van der Waals surface area contributed by atoms with Crippen LogP contribution in [0.15, 0.2) is 40.6 Å². The second-order valence-corrected chi connectivity index (χ2v) is 11.6. The Kier molecular flexibility index (Phi) is 6.53. The number of nitrogens with one attached hydrogen (secondary N) is 1. The zero-order chi connectivity index (χ0) is 22.9. The van der Waals surface area contributed by atoms with E-state index in [-0.39, 0.29) is 16.9 Å². The molecule has 172 valence electrons. The van der Waals surface area contributed by atoms with Crippen LogP contribution in [-0.4, -0.2) is 38.0 Å². The van der Waals surface area contributed by atoms with E-state index in [1.807, 2.05) is 25.3 Å². The van der Waals surface area contributed by atoms with Crippen LogP contribution < -0.4 is 5.32 Å². The molecule has 32 heavy (non-hydrogen) atoms. The van der Waals surface area contributed by atoms with E-state index in [0.717, 1.165) is 31.4 Å². The van der Waals surface area contributed by atoms with Crippen LogP contribution in [0.2, 0.25) is 0 Å². The molecule has 2 heterocycles. The summed E-state index contributed by atoms with van der Waals surface area (Å²) in [7, 11) is -3.30. The lowest BCUT2D eigenvalue weighted by Crippen LogP contribution is -2.19. The third-order valence-corrected chi connectivity index (χ3v) is 7.63. The summed E-state index contributed by atoms with van der Waals surface area (Å²) in [6.45, 7) is 4.14. The first-order valence-electron chi connectivity index (χ1n) is 10.7. The zero-order valence-corrected chi connectivity index (χ0v) is 20.1. The monoisotopic (exact) mass is 476 g/mol. The van der Waals surface area contributed by atoms with Gasteiger partial charge in [-0.15, -0.1) is 11.3 Å². The van der Waals surface area contributed by atoms with Gasteiger partial charge in [-0.1, -0.05) is 31.1 Å². The molecule has 1 atom stereocenters. The van der Waals surface area contributed by atoms with Gasteiger partial charge in [0.05, 0.1) is 17.2 Å². The van der Waals surface area contributed by atoms with Crippen molar-refractivity contribution in [2.24, 2.45) is 5.92 Å². The molecule has 9 heteroatoms. The molecule has 2 aliphatic rings. The first kappa shape index (κ1) is 23.1. The number of sulfone groups is 1. The summed E-state index contributed by atoms with van der Waals surface area (Å²) in [5, 5.41) is 5.27. The predicted molar refractivity (Wildman–Crippen MR) is 124 cm³/mol. The maximum atomic E-state index is 13.2. The Morgan fingerprint density at radius 3 is 2.50 bits per heavy atom. The van der Waals surface area contributed by atoms with Gasteiger partial charge in [0.15, 0.2) is 20.8 Å². The summed E-state index contributed by atoms with van der Waals surface area (Å²) in [4.78, 5) is 18.0. The summed E-state index contributed by atoms with van der Waals surface area (Å²) >= 11 is 1.34. The second kappa shape index (κ2) is 9.05. The van der Waals surface area contributed by atoms with Crippen LogP contribution in [0.4, 0.5) is 5.13 Å². The molecule has 4 rings (SSSR count). The van der Waals surface area contributed by atoms with Crippen molar-refractivity contribution < 1.29 is 22.7 Å². The number of hydrogen-bond donors (Lipinski definition) is 1. The van der Waals surface area contributed by atoms with Crippen molar-refractivity contribution in [2.75, 3.05) is 18.2 Å². The van der Waals surface area contributed by atoms with E-state index >= 15 is 0 Å². The molecule has 1 aliphatic carbocycles. The summed E-state index contributed by atoms with van der Waals surface area (Å²) in [6, 6.07) is 6.47. The van der Waals surface area contributed by atoms with Gasteiger partial charge in [0, 0.05) is 17.2 Å². The number of aromatic nitrogens is 1. The molecule has 0 radical (unpaired) electrons. The third-order valence-electron chi connectivity index (χ3n) is 5.72. The maximum Gasteiger partial charge on any atom is 0.257 e. The number of amides is 1. The van der Waals surface area contributed by atoms with Crippen molar-refractivity contribution in [3.8, 4) is 0 Å². The van der Waals surface area contributed by atoms with Gasteiger partial charge < -0.3 is 9.47 Å². The number of carbonyl (C=O) groups is 1. The van der Waals surface area contributed by atoms with Gasteiger partial charge in [-0.2, -0.15) is 0 Å². The maximum absolute atomic E-state index is 13.2. The van der Waals surface area contributed by atoms with E-state index in [0.29, 0.717) is 28.8 Å². The van der Waals surface area contributed by atoms with Gasteiger partial charge in [0.25, 0.3) is 5.91 Å². The Labute approximate surface area is 192 Å². The number of benzene rings is 1. The molecule has 1 aliphatic heterocycles. The number of rotatable bonds is 6. The van der Waals surface area contributed by atoms with E-state index in [1.54, 1.807) is 24.3 Å². The molecule has 1 saturated heterocycles. The lowest BCUT2D eigenvalue weighted by molar-refractivity contribution is -0.139. The highest BCUT2D eigenvalue weighted by Crippen LogP contribution is 2.35. The van der Waals surface area contributed by atoms with Crippen molar-refractivity contribution in [2.45, 2.75) is 56.3 Å². The SMILES string of the molecule is CC1(C)OCC(c2csc(NC(=O)C(=CC3CCCC3)c3ccc(S(C)(=O)=O)cc3)n2)O1. The lowest BCUT2D eigenvalue weighted by atomic mass is 9.98. The van der Waals surface area contributed by atoms with E-state index < -0.39 is 15.6 Å². The normalized spacial score (nSPS) is 21.7. The summed E-state index contributed by atoms with van der Waals surface area (Å²) in [6.07, 6.45) is 7.33. The fourth-order valence-electron chi connectivity index (χ4n) is 4.03. The molecule has 1 aromatic heterocycles. The average molecular weight is 477 g/mol. The molecule has 1 saturated carbocycles. The molecule has 1 unspecified atom stereocenters. The minimum absolute atomic E-state index is 0.230. The number of thiazole rings is 1. The molecule has 7 nitrogen and oxygen atoms in total. The number of hydrogen-bond acceptors (Lipinski definition) is 7. The Balaban J connectivity index is 1.55. The highest BCUT2D eigenvalue weighted by molar-refractivity contribution is 7.90. The minimum Gasteiger partial charge on any atom is -0.347 e. The Morgan fingerprint density at radius 2 is 1.91 bits per heavy atom. The van der Waals surface area contributed by atoms with Crippen LogP contribution in [0.5, 0.6) is 0 Å². The second-order valence-electron chi connectivity index (χ2n) is 8.77. The Bertz CT molecular complexity index is 1110. The third kappa shape index (κ3) is 5.46. The van der Waals surface area contributed by atoms with Gasteiger partial charge in [-0.25, -0.2) is 13.4 Å². The molecule has 2 fully saturated rings. The van der Waals surface area contributed by atoms with Crippen LogP contribution in [-0.2, 0) is 24.1 Å². The lowest BCUT2D eigenvalue weighted by Gasteiger charge is -2.16. The molecule has 0 spiro atoms. The van der Waals surface area contributed by atoms with E-state index in [2.05, 4.69) is 10.3 Å². The number of ether oxygens (including phenoxy) is 2. The number of anilines is 1. The van der Waals surface area contributed by atoms with Gasteiger partial charge >= 0.3 is 0 Å². The molecule has 1 N–H and O–H groups in total. The highest BCUT2D eigenvalue weighted by atomic mass is 32.2. The van der Waals surface area contributed by atoms with Gasteiger partial charge in [0.2, 0.25) is 0 Å². The summed E-state index contributed by atoms with van der Waals surface area (Å²) < 4.78 is 35.0. The molecular formula is C23H28N2O5S2. The van der Waals surface area contributed by atoms with Crippen molar-refractivity contribution in [1.82, 2.24) is 4.98 Å². The standard InChI is InChI=1S/C23H28N2O5S2/c1-23(2)29-13-20(30-23)19-14-31-22(24-19)25-21(26)18(12-15-6-4-5-7-15)16-8-10-17(11-9-16)32(3,27)28/h8-12,14-15,20H,4-7,13H2,1-3H3,(H,24,25,26). The van der Waals surface area contributed by atoms with Gasteiger partial charge in [-0.05, 0) is 50.3 Å². The van der Waals surface area contributed by atoms with Crippen molar-refractivity contribution >= 4 is 37.8 Å². The fraction of sp³-hybridized carbons (Fsp3) is 0.478. The zero-order valence-electron chi connectivity index (χ0n) is 18.5. The van der Waals surface area contributed by atoms with E-state index in [1.165, 1.54) is 17.6 Å². The van der Waals surface area contributed by atoms with Crippen LogP contribution in [0, 0.1) is 5.92 Å². The van der Waals surface area contributed by atoms with Gasteiger partial charge in [0.1, 0.15) is 6.10 Å². The summed E-state index contributed by atoms with van der Waals surface area (Å²) in [5.74, 6) is -0.565. The van der Waals surface area contributed by atoms with Crippen LogP contribution in [0.3, 0.4) is 0 Å². The predicted octanol–water partition coefficient (Wildman–Crippen LogP) is 4.58. The number of nitrogens with zero attached hydrogens (tertiary/aromatic N) is 1. The van der Waals surface area contributed by atoms with Crippen molar-refractivity contribution in [3.05, 3.63) is 47.0 Å². The molecular weight excluding hydrogens is 448 g/mol. The van der Waals surface area contributed by atoms with Crippen molar-refractivity contribution in [3.63, 3.8) is 0 Å². The first-order valence-corrected chi connectivity index (χ1v) is 13.5. The molecule has 2 aromatic rings. The number of carbonyl (C=O) groups excluding carboxylic acids is 1. The van der Waals surface area contributed by atoms with Crippen LogP contribution in [0.1, 0.15) is 56.9 Å². The number of allylic oxidation sites excluding steroid dienone is 1. The van der Waals surface area contributed by atoms with E-state index in [4.69, 9.17) is 9.47 Å². The Morgan fingerprint density at radius 1 is 1.22 bits per heavy atom. The highest BCUT2D eigenvalue weighted by Gasteiger charge is 2.35. The largest absolute Gasteiger partial charge is 0.347 e. The molecule has 0 bridgehead atoms. The minimum atomic E-state index is -3.30. The molecule has 1 amide bonds. The average Bonchev–Trinajstić information content (AvgIpc) is 3.47. The fourth-order valence-corrected chi connectivity index (χ4v) is 5.41. The Hall–Kier alpha value is -2.07. The quantitative estimate of drug-likeness (QED) is 0.613. The van der Waals surface area contributed by atoms with E-state index in [9.17, 15) is 13.2 Å². The topological polar surface area (TPSA) is 94.6 Å².